The van der Waals surface area contributed by atoms with Crippen LogP contribution in [0.25, 0.3) is 0 Å². The highest BCUT2D eigenvalue weighted by molar-refractivity contribution is 5.87. The van der Waals surface area contributed by atoms with Gasteiger partial charge in [0.1, 0.15) is 6.10 Å². The Morgan fingerprint density at radius 3 is 2.52 bits per heavy atom. The van der Waals surface area contributed by atoms with Gasteiger partial charge in [-0.2, -0.15) is 0 Å². The summed E-state index contributed by atoms with van der Waals surface area (Å²) < 4.78 is 6.21. The lowest BCUT2D eigenvalue weighted by Crippen LogP contribution is -2.66. The van der Waals surface area contributed by atoms with Gasteiger partial charge in [0, 0.05) is 11.0 Å². The molecule has 0 aromatic rings. The molecule has 0 heterocycles. The maximum atomic E-state index is 12.8. The average molecular weight is 401 g/mol. The van der Waals surface area contributed by atoms with Crippen LogP contribution in [0.5, 0.6) is 0 Å². The zero-order valence-electron chi connectivity index (χ0n) is 18.4. The predicted molar refractivity (Wildman–Crippen MR) is 112 cm³/mol. The summed E-state index contributed by atoms with van der Waals surface area (Å²) in [6, 6.07) is 0. The number of fused-ring (bicyclic) bond motifs is 3. The van der Waals surface area contributed by atoms with E-state index in [0.717, 1.165) is 38.5 Å². The fraction of sp³-hybridized carbons (Fsp3) is 0.760. The molecule has 5 rings (SSSR count). The molecule has 7 atom stereocenters. The van der Waals surface area contributed by atoms with E-state index in [2.05, 4.69) is 13.5 Å². The Morgan fingerprint density at radius 2 is 1.90 bits per heavy atom. The van der Waals surface area contributed by atoms with Gasteiger partial charge in [0.15, 0.2) is 0 Å². The number of carboxylic acids is 1. The van der Waals surface area contributed by atoms with Crippen molar-refractivity contribution >= 4 is 11.9 Å². The molecular formula is C25H36O4. The van der Waals surface area contributed by atoms with Crippen LogP contribution in [-0.4, -0.2) is 23.1 Å². The van der Waals surface area contributed by atoms with Crippen LogP contribution in [0.2, 0.25) is 0 Å². The van der Waals surface area contributed by atoms with Crippen LogP contribution in [-0.2, 0) is 14.3 Å². The molecule has 5 aliphatic rings. The van der Waals surface area contributed by atoms with Crippen molar-refractivity contribution in [2.45, 2.75) is 85.2 Å². The first-order valence-corrected chi connectivity index (χ1v) is 11.3. The minimum atomic E-state index is -0.747. The van der Waals surface area contributed by atoms with Crippen LogP contribution in [0.15, 0.2) is 23.8 Å². The fourth-order valence-electron chi connectivity index (χ4n) is 7.90. The van der Waals surface area contributed by atoms with Gasteiger partial charge in [-0.1, -0.05) is 31.6 Å². The molecule has 1 spiro atoms. The molecule has 2 bridgehead atoms. The fourth-order valence-corrected chi connectivity index (χ4v) is 7.90. The van der Waals surface area contributed by atoms with Crippen molar-refractivity contribution in [3.05, 3.63) is 23.8 Å². The molecule has 5 fully saturated rings. The molecule has 0 aromatic carbocycles. The molecule has 0 radical (unpaired) electrons. The number of rotatable bonds is 3. The lowest BCUT2D eigenvalue weighted by molar-refractivity contribution is -0.232. The summed E-state index contributed by atoms with van der Waals surface area (Å²) in [5.74, 6) is 0.0443. The Morgan fingerprint density at radius 1 is 1.17 bits per heavy atom. The van der Waals surface area contributed by atoms with E-state index in [4.69, 9.17) is 4.74 Å². The monoisotopic (exact) mass is 400 g/mol. The first kappa shape index (κ1) is 20.7. The zero-order chi connectivity index (χ0) is 21.2. The number of carbonyl (C=O) groups excluding carboxylic acids is 1. The first-order chi connectivity index (χ1) is 13.6. The zero-order valence-corrected chi connectivity index (χ0v) is 18.4. The second-order valence-corrected chi connectivity index (χ2v) is 10.8. The normalized spacial score (nSPS) is 46.6. The summed E-state index contributed by atoms with van der Waals surface area (Å²) in [6.07, 6.45) is 9.22. The molecule has 5 saturated carbocycles. The van der Waals surface area contributed by atoms with Gasteiger partial charge in [0.2, 0.25) is 0 Å². The van der Waals surface area contributed by atoms with E-state index in [1.165, 1.54) is 5.57 Å². The maximum absolute atomic E-state index is 12.8. The van der Waals surface area contributed by atoms with Gasteiger partial charge in [-0.05, 0) is 88.9 Å². The molecule has 0 amide bonds. The number of esters is 1. The third kappa shape index (κ3) is 2.77. The number of carbonyl (C=O) groups is 2. The highest BCUT2D eigenvalue weighted by Crippen LogP contribution is 2.72. The maximum Gasteiger partial charge on any atom is 0.333 e. The highest BCUT2D eigenvalue weighted by Gasteiger charge is 2.69. The van der Waals surface area contributed by atoms with Crippen LogP contribution in [0.1, 0.15) is 79.1 Å². The second-order valence-electron chi connectivity index (χ2n) is 10.8. The Kier molecular flexibility index (Phi) is 4.79. The van der Waals surface area contributed by atoms with E-state index in [9.17, 15) is 14.7 Å². The number of hydrogen-bond donors (Lipinski definition) is 1. The van der Waals surface area contributed by atoms with Gasteiger partial charge in [-0.3, -0.25) is 4.79 Å². The first-order valence-electron chi connectivity index (χ1n) is 11.3. The van der Waals surface area contributed by atoms with Gasteiger partial charge in [0.25, 0.3) is 0 Å². The third-order valence-electron chi connectivity index (χ3n) is 9.66. The van der Waals surface area contributed by atoms with Crippen LogP contribution >= 0.6 is 0 Å². The minimum absolute atomic E-state index is 0.0106. The summed E-state index contributed by atoms with van der Waals surface area (Å²) in [5, 5.41) is 10.2. The van der Waals surface area contributed by atoms with Crippen molar-refractivity contribution in [3.63, 3.8) is 0 Å². The van der Waals surface area contributed by atoms with Crippen molar-refractivity contribution in [2.75, 3.05) is 0 Å². The van der Waals surface area contributed by atoms with E-state index in [1.54, 1.807) is 13.0 Å². The standard InChI is InChI=1S/C25H36O4/c1-6-15(2)21(26)29-20-13-18-23(4,9-7-10-24(18,5)22(27)28)19-12-17-8-11-25(19,20)14-16(17)3/h6,17-20H,3,7-14H2,1-2,4-5H3,(H,27,28)/b15-6-/t17-,18-,19-,20-,23+,24+,25+/m0/s1. The van der Waals surface area contributed by atoms with Crippen molar-refractivity contribution < 1.29 is 19.4 Å². The summed E-state index contributed by atoms with van der Waals surface area (Å²) in [6.45, 7) is 12.3. The van der Waals surface area contributed by atoms with Crippen molar-refractivity contribution in [1.29, 1.82) is 0 Å². The van der Waals surface area contributed by atoms with Crippen molar-refractivity contribution in [2.24, 2.45) is 34.0 Å². The van der Waals surface area contributed by atoms with Crippen LogP contribution in [0.4, 0.5) is 0 Å². The lowest BCUT2D eigenvalue weighted by Gasteiger charge is -2.69. The van der Waals surface area contributed by atoms with Crippen molar-refractivity contribution in [1.82, 2.24) is 0 Å². The Hall–Kier alpha value is -1.58. The lowest BCUT2D eigenvalue weighted by atomic mass is 9.36. The van der Waals surface area contributed by atoms with Gasteiger partial charge in [-0.25, -0.2) is 4.79 Å². The summed E-state index contributed by atoms with van der Waals surface area (Å²) in [4.78, 5) is 25.2. The van der Waals surface area contributed by atoms with Crippen LogP contribution in [0.3, 0.4) is 0 Å². The molecule has 29 heavy (non-hydrogen) atoms. The third-order valence-corrected chi connectivity index (χ3v) is 9.66. The molecule has 0 saturated heterocycles. The smallest absolute Gasteiger partial charge is 0.333 e. The molecule has 4 nitrogen and oxygen atoms in total. The van der Waals surface area contributed by atoms with Crippen molar-refractivity contribution in [3.8, 4) is 0 Å². The largest absolute Gasteiger partial charge is 0.481 e. The number of allylic oxidation sites excluding steroid dienone is 2. The molecule has 0 aliphatic heterocycles. The summed E-state index contributed by atoms with van der Waals surface area (Å²) in [7, 11) is 0. The summed E-state index contributed by atoms with van der Waals surface area (Å²) in [5.41, 5.74) is 1.11. The Labute approximate surface area is 174 Å². The molecule has 5 aliphatic carbocycles. The molecule has 0 unspecified atom stereocenters. The molecule has 0 aromatic heterocycles. The van der Waals surface area contributed by atoms with Gasteiger partial charge in [0.05, 0.1) is 5.41 Å². The van der Waals surface area contributed by atoms with E-state index < -0.39 is 11.4 Å². The van der Waals surface area contributed by atoms with E-state index in [-0.39, 0.29) is 28.8 Å². The topological polar surface area (TPSA) is 63.6 Å². The van der Waals surface area contributed by atoms with Gasteiger partial charge in [-0.15, -0.1) is 0 Å². The number of aliphatic carboxylic acids is 1. The number of carboxylic acid groups (broad SMARTS) is 1. The number of ether oxygens (including phenoxy) is 1. The van der Waals surface area contributed by atoms with Gasteiger partial charge >= 0.3 is 11.9 Å². The Bertz CT molecular complexity index is 782. The van der Waals surface area contributed by atoms with E-state index in [0.29, 0.717) is 30.3 Å². The van der Waals surface area contributed by atoms with E-state index in [1.807, 2.05) is 13.8 Å². The van der Waals surface area contributed by atoms with Crippen LogP contribution in [0, 0.1) is 34.0 Å². The minimum Gasteiger partial charge on any atom is -0.481 e. The predicted octanol–water partition coefficient (Wildman–Crippen LogP) is 5.53. The highest BCUT2D eigenvalue weighted by atomic mass is 16.5. The SMILES string of the molecule is C=C1C[C@]23CC[C@H]1C[C@H]2[C@]1(C)CCC[C@@](C)(C(=O)O)[C@H]1C[C@@H]3OC(=O)/C(C)=C\C. The molecule has 4 heteroatoms. The van der Waals surface area contributed by atoms with Crippen LogP contribution < -0.4 is 0 Å². The quantitative estimate of drug-likeness (QED) is 0.384. The molecular weight excluding hydrogens is 364 g/mol. The van der Waals surface area contributed by atoms with Gasteiger partial charge < -0.3 is 9.84 Å². The average Bonchev–Trinajstić information content (AvgIpc) is 2.68. The molecule has 1 N–H and O–H groups in total. The number of hydrogen-bond acceptors (Lipinski definition) is 3. The second kappa shape index (κ2) is 6.72. The summed E-state index contributed by atoms with van der Waals surface area (Å²) >= 11 is 0. The molecule has 160 valence electrons. The Balaban J connectivity index is 1.79. The van der Waals surface area contributed by atoms with E-state index >= 15 is 0 Å².